The van der Waals surface area contributed by atoms with Crippen molar-refractivity contribution in [1.82, 2.24) is 0 Å². The van der Waals surface area contributed by atoms with E-state index in [0.717, 1.165) is 11.5 Å². The van der Waals surface area contributed by atoms with Gasteiger partial charge in [0.2, 0.25) is 0 Å². The van der Waals surface area contributed by atoms with Crippen LogP contribution in [0.15, 0.2) is 53.4 Å². The standard InChI is InChI=1S/C13H12O2S/c1-16-13-8-6-12(7-9-13)15-11-4-2-10(14)3-5-11/h2-9,14H,1H3. The van der Waals surface area contributed by atoms with Gasteiger partial charge in [0, 0.05) is 4.90 Å². The number of phenolic OH excluding ortho intramolecular Hbond substituents is 1. The van der Waals surface area contributed by atoms with Crippen LogP contribution < -0.4 is 4.74 Å². The third-order valence-corrected chi connectivity index (χ3v) is 2.88. The first-order valence-corrected chi connectivity index (χ1v) is 6.11. The van der Waals surface area contributed by atoms with Crippen LogP contribution in [0.25, 0.3) is 0 Å². The van der Waals surface area contributed by atoms with E-state index in [4.69, 9.17) is 9.84 Å². The van der Waals surface area contributed by atoms with E-state index in [0.29, 0.717) is 0 Å². The van der Waals surface area contributed by atoms with E-state index in [2.05, 4.69) is 0 Å². The largest absolute Gasteiger partial charge is 0.508 e. The number of aromatic hydroxyl groups is 1. The van der Waals surface area contributed by atoms with E-state index < -0.39 is 0 Å². The van der Waals surface area contributed by atoms with Crippen LogP contribution in [0.5, 0.6) is 17.2 Å². The number of benzene rings is 2. The molecule has 0 saturated heterocycles. The molecule has 82 valence electrons. The Labute approximate surface area is 98.9 Å². The molecule has 3 heteroatoms. The minimum Gasteiger partial charge on any atom is -0.508 e. The molecule has 2 aromatic rings. The van der Waals surface area contributed by atoms with Crippen molar-refractivity contribution in [2.45, 2.75) is 4.90 Å². The van der Waals surface area contributed by atoms with Gasteiger partial charge in [-0.15, -0.1) is 11.8 Å². The maximum atomic E-state index is 9.13. The van der Waals surface area contributed by atoms with E-state index in [9.17, 15) is 0 Å². The molecule has 2 nitrogen and oxygen atoms in total. The molecule has 0 aliphatic rings. The first-order valence-electron chi connectivity index (χ1n) is 4.89. The van der Waals surface area contributed by atoms with Gasteiger partial charge in [-0.3, -0.25) is 0 Å². The highest BCUT2D eigenvalue weighted by molar-refractivity contribution is 7.98. The number of rotatable bonds is 3. The van der Waals surface area contributed by atoms with Crippen LogP contribution in [0.4, 0.5) is 0 Å². The lowest BCUT2D eigenvalue weighted by Crippen LogP contribution is -1.83. The summed E-state index contributed by atoms with van der Waals surface area (Å²) in [6.45, 7) is 0. The summed E-state index contributed by atoms with van der Waals surface area (Å²) in [5, 5.41) is 9.13. The summed E-state index contributed by atoms with van der Waals surface area (Å²) in [4.78, 5) is 1.21. The molecule has 1 N–H and O–H groups in total. The van der Waals surface area contributed by atoms with Crippen LogP contribution in [-0.4, -0.2) is 11.4 Å². The Morgan fingerprint density at radius 1 is 0.875 bits per heavy atom. The van der Waals surface area contributed by atoms with E-state index in [-0.39, 0.29) is 5.75 Å². The molecule has 0 aliphatic carbocycles. The van der Waals surface area contributed by atoms with Gasteiger partial charge in [-0.05, 0) is 54.8 Å². The van der Waals surface area contributed by atoms with Gasteiger partial charge >= 0.3 is 0 Å². The summed E-state index contributed by atoms with van der Waals surface area (Å²) in [6, 6.07) is 14.6. The lowest BCUT2D eigenvalue weighted by atomic mass is 10.3. The van der Waals surface area contributed by atoms with Gasteiger partial charge in [0.25, 0.3) is 0 Å². The second-order valence-corrected chi connectivity index (χ2v) is 4.15. The van der Waals surface area contributed by atoms with Crippen molar-refractivity contribution in [3.05, 3.63) is 48.5 Å². The summed E-state index contributed by atoms with van der Waals surface area (Å²) < 4.78 is 5.61. The van der Waals surface area contributed by atoms with Gasteiger partial charge in [0.05, 0.1) is 0 Å². The Morgan fingerprint density at radius 2 is 1.38 bits per heavy atom. The number of hydrogen-bond donors (Lipinski definition) is 1. The summed E-state index contributed by atoms with van der Waals surface area (Å²) in [5.74, 6) is 1.75. The minimum atomic E-state index is 0.241. The van der Waals surface area contributed by atoms with Gasteiger partial charge in [0.1, 0.15) is 17.2 Å². The second kappa shape index (κ2) is 4.94. The van der Waals surface area contributed by atoms with Crippen LogP contribution in [0.3, 0.4) is 0 Å². The maximum Gasteiger partial charge on any atom is 0.127 e. The predicted molar refractivity (Wildman–Crippen MR) is 66.4 cm³/mol. The molecule has 0 radical (unpaired) electrons. The third-order valence-electron chi connectivity index (χ3n) is 2.13. The fourth-order valence-corrected chi connectivity index (χ4v) is 1.70. The third kappa shape index (κ3) is 2.70. The molecule has 0 saturated carbocycles. The Kier molecular flexibility index (Phi) is 3.37. The van der Waals surface area contributed by atoms with Gasteiger partial charge in [-0.1, -0.05) is 0 Å². The smallest absolute Gasteiger partial charge is 0.127 e. The number of hydrogen-bond acceptors (Lipinski definition) is 3. The number of ether oxygens (including phenoxy) is 1. The second-order valence-electron chi connectivity index (χ2n) is 3.27. The van der Waals surface area contributed by atoms with Crippen molar-refractivity contribution in [3.63, 3.8) is 0 Å². The zero-order valence-corrected chi connectivity index (χ0v) is 9.70. The van der Waals surface area contributed by atoms with Crippen molar-refractivity contribution >= 4 is 11.8 Å². The lowest BCUT2D eigenvalue weighted by molar-refractivity contribution is 0.464. The van der Waals surface area contributed by atoms with Crippen molar-refractivity contribution in [1.29, 1.82) is 0 Å². The van der Waals surface area contributed by atoms with Crippen LogP contribution in [-0.2, 0) is 0 Å². The summed E-state index contributed by atoms with van der Waals surface area (Å²) in [5.41, 5.74) is 0. The fourth-order valence-electron chi connectivity index (χ4n) is 1.29. The van der Waals surface area contributed by atoms with Crippen molar-refractivity contribution in [2.75, 3.05) is 6.26 Å². The van der Waals surface area contributed by atoms with Crippen LogP contribution in [0.1, 0.15) is 0 Å². The molecule has 0 heterocycles. The molecule has 2 rings (SSSR count). The van der Waals surface area contributed by atoms with Crippen LogP contribution in [0, 0.1) is 0 Å². The average Bonchev–Trinajstić information content (AvgIpc) is 2.33. The average molecular weight is 232 g/mol. The highest BCUT2D eigenvalue weighted by atomic mass is 32.2. The Morgan fingerprint density at radius 3 is 1.88 bits per heavy atom. The molecule has 0 spiro atoms. The first-order chi connectivity index (χ1) is 7.78. The zero-order valence-electron chi connectivity index (χ0n) is 8.88. The van der Waals surface area contributed by atoms with Crippen LogP contribution >= 0.6 is 11.8 Å². The summed E-state index contributed by atoms with van der Waals surface area (Å²) >= 11 is 1.70. The minimum absolute atomic E-state index is 0.241. The van der Waals surface area contributed by atoms with Gasteiger partial charge in [0.15, 0.2) is 0 Å². The fraction of sp³-hybridized carbons (Fsp3) is 0.0769. The summed E-state index contributed by atoms with van der Waals surface area (Å²) in [7, 11) is 0. The van der Waals surface area contributed by atoms with Gasteiger partial charge in [-0.2, -0.15) is 0 Å². The molecule has 16 heavy (non-hydrogen) atoms. The summed E-state index contributed by atoms with van der Waals surface area (Å²) in [6.07, 6.45) is 2.04. The van der Waals surface area contributed by atoms with Crippen molar-refractivity contribution < 1.29 is 9.84 Å². The normalized spacial score (nSPS) is 10.1. The van der Waals surface area contributed by atoms with Crippen molar-refractivity contribution in [3.8, 4) is 17.2 Å². The molecule has 0 amide bonds. The number of thioether (sulfide) groups is 1. The Balaban J connectivity index is 2.11. The van der Waals surface area contributed by atoms with E-state index in [1.807, 2.05) is 30.5 Å². The topological polar surface area (TPSA) is 29.5 Å². The Hall–Kier alpha value is -1.61. The molecule has 0 fully saturated rings. The first kappa shape index (κ1) is 10.9. The molecule has 0 aromatic heterocycles. The van der Waals surface area contributed by atoms with Crippen LogP contribution in [0.2, 0.25) is 0 Å². The maximum absolute atomic E-state index is 9.13. The molecule has 0 atom stereocenters. The van der Waals surface area contributed by atoms with E-state index in [1.165, 1.54) is 4.90 Å². The zero-order chi connectivity index (χ0) is 11.4. The van der Waals surface area contributed by atoms with E-state index >= 15 is 0 Å². The molecule has 0 aliphatic heterocycles. The monoisotopic (exact) mass is 232 g/mol. The van der Waals surface area contributed by atoms with Gasteiger partial charge in [-0.25, -0.2) is 0 Å². The highest BCUT2D eigenvalue weighted by Gasteiger charge is 1.97. The lowest BCUT2D eigenvalue weighted by Gasteiger charge is -2.05. The SMILES string of the molecule is CSc1ccc(Oc2ccc(O)cc2)cc1. The van der Waals surface area contributed by atoms with Crippen molar-refractivity contribution in [2.24, 2.45) is 0 Å². The van der Waals surface area contributed by atoms with Gasteiger partial charge < -0.3 is 9.84 Å². The Bertz CT molecular complexity index is 448. The molecule has 0 unspecified atom stereocenters. The molecular formula is C13H12O2S. The number of phenols is 1. The highest BCUT2D eigenvalue weighted by Crippen LogP contribution is 2.25. The quantitative estimate of drug-likeness (QED) is 0.814. The van der Waals surface area contributed by atoms with E-state index in [1.54, 1.807) is 36.0 Å². The molecular weight excluding hydrogens is 220 g/mol. The predicted octanol–water partition coefficient (Wildman–Crippen LogP) is 3.91. The molecule has 2 aromatic carbocycles. The molecule has 0 bridgehead atoms.